The zero-order valence-corrected chi connectivity index (χ0v) is 10.7. The van der Waals surface area contributed by atoms with Crippen molar-refractivity contribution in [3.8, 4) is 11.5 Å². The Morgan fingerprint density at radius 2 is 2.22 bits per heavy atom. The second kappa shape index (κ2) is 5.93. The molecule has 0 bridgehead atoms. The van der Waals surface area contributed by atoms with Crippen LogP contribution in [0.25, 0.3) is 11.5 Å². The lowest BCUT2D eigenvalue weighted by Gasteiger charge is -1.98. The van der Waals surface area contributed by atoms with Crippen LogP contribution in [0.4, 0.5) is 4.39 Å². The Bertz CT molecular complexity index is 530. The summed E-state index contributed by atoms with van der Waals surface area (Å²) in [7, 11) is 1.88. The molecule has 0 unspecified atom stereocenters. The highest BCUT2D eigenvalue weighted by Crippen LogP contribution is 2.24. The summed E-state index contributed by atoms with van der Waals surface area (Å²) in [5.41, 5.74) is 0.270. The molecule has 0 aliphatic rings. The number of aromatic nitrogens is 2. The number of hydrogen-bond acceptors (Lipinski definition) is 4. The third-order valence-electron chi connectivity index (χ3n) is 2.45. The Labute approximate surface area is 109 Å². The zero-order chi connectivity index (χ0) is 13.0. The molecule has 0 aliphatic carbocycles. The highest BCUT2D eigenvalue weighted by Gasteiger charge is 2.13. The molecule has 6 heteroatoms. The molecule has 1 aromatic heterocycles. The van der Waals surface area contributed by atoms with Gasteiger partial charge in [0.2, 0.25) is 5.89 Å². The first-order chi connectivity index (χ1) is 8.70. The summed E-state index contributed by atoms with van der Waals surface area (Å²) in [4.78, 5) is 0. The van der Waals surface area contributed by atoms with Gasteiger partial charge in [0.15, 0.2) is 0 Å². The fourth-order valence-corrected chi connectivity index (χ4v) is 1.70. The highest BCUT2D eigenvalue weighted by molar-refractivity contribution is 6.30. The Balaban J connectivity index is 2.13. The van der Waals surface area contributed by atoms with E-state index in [2.05, 4.69) is 15.5 Å². The highest BCUT2D eigenvalue weighted by atomic mass is 35.5. The Morgan fingerprint density at radius 3 is 2.94 bits per heavy atom. The minimum Gasteiger partial charge on any atom is -0.421 e. The number of hydrogen-bond donors (Lipinski definition) is 1. The smallest absolute Gasteiger partial charge is 0.250 e. The molecule has 1 heterocycles. The third kappa shape index (κ3) is 3.05. The molecule has 0 saturated carbocycles. The van der Waals surface area contributed by atoms with Gasteiger partial charge < -0.3 is 9.73 Å². The van der Waals surface area contributed by atoms with Crippen molar-refractivity contribution >= 4 is 11.6 Å². The number of halogens is 2. The van der Waals surface area contributed by atoms with E-state index < -0.39 is 5.82 Å². The first-order valence-corrected chi connectivity index (χ1v) is 6.01. The van der Waals surface area contributed by atoms with Gasteiger partial charge in [0.05, 0.1) is 5.56 Å². The van der Waals surface area contributed by atoms with Gasteiger partial charge in [0.1, 0.15) is 5.82 Å². The molecular formula is C12H13ClFN3O. The van der Waals surface area contributed by atoms with E-state index in [9.17, 15) is 4.39 Å². The molecule has 0 saturated heterocycles. The summed E-state index contributed by atoms with van der Waals surface area (Å²) in [5.74, 6) is 0.228. The van der Waals surface area contributed by atoms with Gasteiger partial charge in [-0.3, -0.25) is 0 Å². The number of nitrogens with zero attached hydrogens (tertiary/aromatic N) is 2. The molecule has 0 aliphatic heterocycles. The van der Waals surface area contributed by atoms with Gasteiger partial charge in [0.25, 0.3) is 5.89 Å². The summed E-state index contributed by atoms with van der Waals surface area (Å²) in [6.07, 6.45) is 1.56. The van der Waals surface area contributed by atoms with Crippen molar-refractivity contribution in [3.63, 3.8) is 0 Å². The van der Waals surface area contributed by atoms with Crippen LogP contribution in [0, 0.1) is 5.82 Å². The van der Waals surface area contributed by atoms with E-state index in [-0.39, 0.29) is 11.5 Å². The fraction of sp³-hybridized carbons (Fsp3) is 0.333. The monoisotopic (exact) mass is 269 g/mol. The third-order valence-corrected chi connectivity index (χ3v) is 2.68. The Hall–Kier alpha value is -1.46. The summed E-state index contributed by atoms with van der Waals surface area (Å²) >= 11 is 5.68. The van der Waals surface area contributed by atoms with Crippen LogP contribution in [-0.2, 0) is 6.42 Å². The van der Waals surface area contributed by atoms with E-state index in [0.717, 1.165) is 13.0 Å². The molecule has 2 rings (SSSR count). The summed E-state index contributed by atoms with van der Waals surface area (Å²) in [6.45, 7) is 0.868. The maximum Gasteiger partial charge on any atom is 0.250 e. The zero-order valence-electron chi connectivity index (χ0n) is 9.91. The lowest BCUT2D eigenvalue weighted by Crippen LogP contribution is -2.08. The molecule has 0 atom stereocenters. The molecule has 0 spiro atoms. The van der Waals surface area contributed by atoms with E-state index in [0.29, 0.717) is 17.3 Å². The van der Waals surface area contributed by atoms with Gasteiger partial charge in [-0.05, 0) is 38.2 Å². The number of nitrogens with one attached hydrogen (secondary N) is 1. The average molecular weight is 270 g/mol. The molecule has 2 aromatic rings. The van der Waals surface area contributed by atoms with Crippen LogP contribution < -0.4 is 5.32 Å². The molecule has 18 heavy (non-hydrogen) atoms. The standard InChI is InChI=1S/C12H13ClFN3O/c1-15-6-2-3-11-16-17-12(18-11)9-5-4-8(13)7-10(9)14/h4-5,7,15H,2-3,6H2,1H3. The molecule has 1 N–H and O–H groups in total. The molecule has 0 fully saturated rings. The van der Waals surface area contributed by atoms with Gasteiger partial charge in [-0.25, -0.2) is 4.39 Å². The lowest BCUT2D eigenvalue weighted by molar-refractivity contribution is 0.491. The molecule has 1 aromatic carbocycles. The van der Waals surface area contributed by atoms with Crippen LogP contribution in [0.2, 0.25) is 5.02 Å². The minimum absolute atomic E-state index is 0.184. The quantitative estimate of drug-likeness (QED) is 0.848. The predicted octanol–water partition coefficient (Wildman–Crippen LogP) is 2.68. The van der Waals surface area contributed by atoms with Crippen molar-refractivity contribution in [2.24, 2.45) is 0 Å². The maximum absolute atomic E-state index is 13.6. The molecule has 96 valence electrons. The van der Waals surface area contributed by atoms with Crippen molar-refractivity contribution in [1.82, 2.24) is 15.5 Å². The second-order valence-corrected chi connectivity index (χ2v) is 4.27. The summed E-state index contributed by atoms with van der Waals surface area (Å²) < 4.78 is 19.0. The number of rotatable bonds is 5. The Morgan fingerprint density at radius 1 is 1.39 bits per heavy atom. The average Bonchev–Trinajstić information content (AvgIpc) is 2.78. The van der Waals surface area contributed by atoms with Crippen molar-refractivity contribution in [3.05, 3.63) is 34.9 Å². The number of aryl methyl sites for hydroxylation is 1. The van der Waals surface area contributed by atoms with Gasteiger partial charge in [-0.1, -0.05) is 11.6 Å². The molecule has 4 nitrogen and oxygen atoms in total. The molecule has 0 radical (unpaired) electrons. The first-order valence-electron chi connectivity index (χ1n) is 5.63. The van der Waals surface area contributed by atoms with Crippen LogP contribution in [0.15, 0.2) is 22.6 Å². The van der Waals surface area contributed by atoms with Gasteiger partial charge in [-0.2, -0.15) is 0 Å². The van der Waals surface area contributed by atoms with Crippen LogP contribution in [0.1, 0.15) is 12.3 Å². The predicted molar refractivity (Wildman–Crippen MR) is 66.9 cm³/mol. The van der Waals surface area contributed by atoms with Gasteiger partial charge in [-0.15, -0.1) is 10.2 Å². The van der Waals surface area contributed by atoms with Gasteiger partial charge >= 0.3 is 0 Å². The largest absolute Gasteiger partial charge is 0.421 e. The van der Waals surface area contributed by atoms with Gasteiger partial charge in [0, 0.05) is 11.4 Å². The number of benzene rings is 1. The van der Waals surface area contributed by atoms with Crippen LogP contribution >= 0.6 is 11.6 Å². The van der Waals surface area contributed by atoms with Crippen LogP contribution in [0.5, 0.6) is 0 Å². The minimum atomic E-state index is -0.465. The first kappa shape index (κ1) is 13.0. The van der Waals surface area contributed by atoms with E-state index in [1.165, 1.54) is 12.1 Å². The second-order valence-electron chi connectivity index (χ2n) is 3.83. The van der Waals surface area contributed by atoms with Crippen molar-refractivity contribution < 1.29 is 8.81 Å². The fourth-order valence-electron chi connectivity index (χ4n) is 1.54. The van der Waals surface area contributed by atoms with E-state index in [1.54, 1.807) is 6.07 Å². The summed E-state index contributed by atoms with van der Waals surface area (Å²) in [5, 5.41) is 11.1. The Kier molecular flexibility index (Phi) is 4.28. The van der Waals surface area contributed by atoms with E-state index >= 15 is 0 Å². The SMILES string of the molecule is CNCCCc1nnc(-c2ccc(Cl)cc2F)o1. The van der Waals surface area contributed by atoms with Crippen LogP contribution in [0.3, 0.4) is 0 Å². The lowest BCUT2D eigenvalue weighted by atomic mass is 10.2. The van der Waals surface area contributed by atoms with Crippen molar-refractivity contribution in [2.45, 2.75) is 12.8 Å². The maximum atomic E-state index is 13.6. The molecule has 0 amide bonds. The molecular weight excluding hydrogens is 257 g/mol. The van der Waals surface area contributed by atoms with Crippen LogP contribution in [-0.4, -0.2) is 23.8 Å². The van der Waals surface area contributed by atoms with E-state index in [4.69, 9.17) is 16.0 Å². The normalized spacial score (nSPS) is 10.8. The topological polar surface area (TPSA) is 51.0 Å². The van der Waals surface area contributed by atoms with E-state index in [1.807, 2.05) is 7.05 Å². The van der Waals surface area contributed by atoms with Crippen molar-refractivity contribution in [2.75, 3.05) is 13.6 Å². The summed E-state index contributed by atoms with van der Waals surface area (Å²) in [6, 6.07) is 4.34. The van der Waals surface area contributed by atoms with Crippen molar-refractivity contribution in [1.29, 1.82) is 0 Å².